The molecule has 1 aliphatic heterocycles. The van der Waals surface area contributed by atoms with E-state index in [2.05, 4.69) is 21.2 Å². The molecule has 0 saturated carbocycles. The van der Waals surface area contributed by atoms with Crippen LogP contribution in [0, 0.1) is 0 Å². The van der Waals surface area contributed by atoms with Crippen molar-refractivity contribution in [3.63, 3.8) is 0 Å². The fourth-order valence-electron chi connectivity index (χ4n) is 2.16. The molecule has 22 heavy (non-hydrogen) atoms. The molecule has 6 nitrogen and oxygen atoms in total. The summed E-state index contributed by atoms with van der Waals surface area (Å²) >= 11 is 3.42. The minimum Gasteiger partial charge on any atom is -0.488 e. The summed E-state index contributed by atoms with van der Waals surface area (Å²) in [6, 6.07) is 7.43. The third-order valence-corrected chi connectivity index (χ3v) is 3.99. The predicted octanol–water partition coefficient (Wildman–Crippen LogP) is 1.62. The number of rotatable bonds is 5. The Bertz CT molecular complexity index is 500. The Morgan fingerprint density at radius 1 is 1.59 bits per heavy atom. The van der Waals surface area contributed by atoms with Crippen LogP contribution in [0.3, 0.4) is 0 Å². The summed E-state index contributed by atoms with van der Waals surface area (Å²) in [7, 11) is 0. The maximum atomic E-state index is 12.1. The molecule has 0 spiro atoms. The van der Waals surface area contributed by atoms with Gasteiger partial charge in [-0.1, -0.05) is 12.1 Å². The van der Waals surface area contributed by atoms with E-state index in [1.54, 1.807) is 4.90 Å². The predicted molar refractivity (Wildman–Crippen MR) is 86.0 cm³/mol. The number of para-hydroxylation sites is 1. The lowest BCUT2D eigenvalue weighted by Crippen LogP contribution is -2.51. The topological polar surface area (TPSA) is 71.0 Å². The molecule has 2 rings (SSSR count). The minimum atomic E-state index is -0.298. The molecule has 1 fully saturated rings. The van der Waals surface area contributed by atoms with Crippen molar-refractivity contribution in [1.29, 1.82) is 0 Å². The van der Waals surface area contributed by atoms with Gasteiger partial charge in [-0.05, 0) is 35.0 Å². The third-order valence-electron chi connectivity index (χ3n) is 3.34. The smallest absolute Gasteiger partial charge is 0.317 e. The van der Waals surface area contributed by atoms with Crippen molar-refractivity contribution in [2.24, 2.45) is 0 Å². The number of ether oxygens (including phenoxy) is 2. The van der Waals surface area contributed by atoms with Gasteiger partial charge in [-0.25, -0.2) is 4.79 Å². The largest absolute Gasteiger partial charge is 0.488 e. The van der Waals surface area contributed by atoms with Gasteiger partial charge in [0, 0.05) is 6.54 Å². The summed E-state index contributed by atoms with van der Waals surface area (Å²) in [4.78, 5) is 13.7. The zero-order valence-corrected chi connectivity index (χ0v) is 14.1. The van der Waals surface area contributed by atoms with Gasteiger partial charge in [0.25, 0.3) is 0 Å². The highest BCUT2D eigenvalue weighted by atomic mass is 79.9. The zero-order valence-electron chi connectivity index (χ0n) is 12.5. The first-order valence-corrected chi connectivity index (χ1v) is 8.06. The molecule has 1 aromatic carbocycles. The molecule has 1 heterocycles. The van der Waals surface area contributed by atoms with E-state index in [1.165, 1.54) is 0 Å². The Balaban J connectivity index is 1.77. The SMILES string of the molecule is CC(CNC(=O)N1CCOC(CO)C1)Oc1ccccc1Br. The first kappa shape index (κ1) is 17.1. The van der Waals surface area contributed by atoms with E-state index in [-0.39, 0.29) is 24.8 Å². The number of carbonyl (C=O) groups is 1. The molecule has 2 amide bonds. The average molecular weight is 373 g/mol. The summed E-state index contributed by atoms with van der Waals surface area (Å²) in [5, 5.41) is 11.9. The number of amides is 2. The van der Waals surface area contributed by atoms with Crippen LogP contribution in [0.4, 0.5) is 4.79 Å². The molecule has 0 aliphatic carbocycles. The number of aliphatic hydroxyl groups excluding tert-OH is 1. The van der Waals surface area contributed by atoms with Gasteiger partial charge in [0.15, 0.2) is 0 Å². The van der Waals surface area contributed by atoms with E-state index in [4.69, 9.17) is 14.6 Å². The maximum absolute atomic E-state index is 12.1. The van der Waals surface area contributed by atoms with Gasteiger partial charge in [0.1, 0.15) is 11.9 Å². The van der Waals surface area contributed by atoms with E-state index in [9.17, 15) is 4.79 Å². The van der Waals surface area contributed by atoms with Crippen LogP contribution in [0.1, 0.15) is 6.92 Å². The standard InChI is InChI=1S/C15H21BrN2O4/c1-11(22-14-5-3-2-4-13(14)16)8-17-15(20)18-6-7-21-12(9-18)10-19/h2-5,11-12,19H,6-10H2,1H3,(H,17,20). The number of morpholine rings is 1. The van der Waals surface area contributed by atoms with Crippen molar-refractivity contribution in [2.75, 3.05) is 32.8 Å². The number of benzene rings is 1. The lowest BCUT2D eigenvalue weighted by molar-refractivity contribution is -0.0404. The monoisotopic (exact) mass is 372 g/mol. The molecule has 0 aromatic heterocycles. The third kappa shape index (κ3) is 4.86. The molecule has 7 heteroatoms. The van der Waals surface area contributed by atoms with Crippen molar-refractivity contribution in [3.05, 3.63) is 28.7 Å². The Hall–Kier alpha value is -1.31. The number of urea groups is 1. The van der Waals surface area contributed by atoms with Crippen molar-refractivity contribution in [2.45, 2.75) is 19.1 Å². The van der Waals surface area contributed by atoms with Gasteiger partial charge in [-0.15, -0.1) is 0 Å². The number of nitrogens with one attached hydrogen (secondary N) is 1. The second kappa shape index (κ2) is 8.36. The maximum Gasteiger partial charge on any atom is 0.317 e. The summed E-state index contributed by atoms with van der Waals surface area (Å²) in [5.41, 5.74) is 0. The van der Waals surface area contributed by atoms with E-state index < -0.39 is 0 Å². The molecular formula is C15H21BrN2O4. The fraction of sp³-hybridized carbons (Fsp3) is 0.533. The zero-order chi connectivity index (χ0) is 15.9. The van der Waals surface area contributed by atoms with Crippen molar-refractivity contribution < 1.29 is 19.4 Å². The van der Waals surface area contributed by atoms with E-state index >= 15 is 0 Å². The number of hydrogen-bond donors (Lipinski definition) is 2. The summed E-state index contributed by atoms with van der Waals surface area (Å²) in [6.45, 7) is 3.60. The van der Waals surface area contributed by atoms with Crippen LogP contribution >= 0.6 is 15.9 Å². The highest BCUT2D eigenvalue weighted by molar-refractivity contribution is 9.10. The normalized spacial score (nSPS) is 19.6. The molecule has 1 aromatic rings. The first-order chi connectivity index (χ1) is 10.6. The second-order valence-electron chi connectivity index (χ2n) is 5.17. The van der Waals surface area contributed by atoms with E-state index in [0.29, 0.717) is 26.2 Å². The van der Waals surface area contributed by atoms with Crippen molar-refractivity contribution in [1.82, 2.24) is 10.2 Å². The summed E-state index contributed by atoms with van der Waals surface area (Å²) in [6.07, 6.45) is -0.453. The fourth-order valence-corrected chi connectivity index (χ4v) is 2.53. The number of aliphatic hydroxyl groups is 1. The molecule has 1 aliphatic rings. The molecule has 2 N–H and O–H groups in total. The van der Waals surface area contributed by atoms with Crippen LogP contribution in [0.2, 0.25) is 0 Å². The summed E-state index contributed by atoms with van der Waals surface area (Å²) in [5.74, 6) is 0.746. The lowest BCUT2D eigenvalue weighted by atomic mass is 10.3. The number of hydrogen-bond acceptors (Lipinski definition) is 4. The van der Waals surface area contributed by atoms with Crippen molar-refractivity contribution >= 4 is 22.0 Å². The molecular weight excluding hydrogens is 352 g/mol. The van der Waals surface area contributed by atoms with E-state index in [0.717, 1.165) is 10.2 Å². The van der Waals surface area contributed by atoms with Gasteiger partial charge in [-0.2, -0.15) is 0 Å². The molecule has 0 radical (unpaired) electrons. The number of halogens is 1. The molecule has 2 unspecified atom stereocenters. The molecule has 1 saturated heterocycles. The first-order valence-electron chi connectivity index (χ1n) is 7.26. The van der Waals surface area contributed by atoms with Crippen LogP contribution in [0.5, 0.6) is 5.75 Å². The Kier molecular flexibility index (Phi) is 6.48. The highest BCUT2D eigenvalue weighted by Gasteiger charge is 2.23. The van der Waals surface area contributed by atoms with Crippen LogP contribution in [0.25, 0.3) is 0 Å². The van der Waals surface area contributed by atoms with Crippen LogP contribution < -0.4 is 10.1 Å². The Morgan fingerprint density at radius 3 is 3.09 bits per heavy atom. The van der Waals surface area contributed by atoms with Crippen molar-refractivity contribution in [3.8, 4) is 5.75 Å². The van der Waals surface area contributed by atoms with Gasteiger partial charge >= 0.3 is 6.03 Å². The van der Waals surface area contributed by atoms with Crippen LogP contribution in [-0.2, 0) is 4.74 Å². The quantitative estimate of drug-likeness (QED) is 0.823. The minimum absolute atomic E-state index is 0.0780. The Morgan fingerprint density at radius 2 is 2.36 bits per heavy atom. The summed E-state index contributed by atoms with van der Waals surface area (Å²) < 4.78 is 12.0. The van der Waals surface area contributed by atoms with Gasteiger partial charge in [0.2, 0.25) is 0 Å². The molecule has 0 bridgehead atoms. The number of carbonyl (C=O) groups excluding carboxylic acids is 1. The van der Waals surface area contributed by atoms with Crippen LogP contribution in [0.15, 0.2) is 28.7 Å². The van der Waals surface area contributed by atoms with Gasteiger partial charge in [-0.3, -0.25) is 0 Å². The Labute approximate surface area is 138 Å². The van der Waals surface area contributed by atoms with Gasteiger partial charge < -0.3 is 24.8 Å². The lowest BCUT2D eigenvalue weighted by Gasteiger charge is -2.32. The van der Waals surface area contributed by atoms with E-state index in [1.807, 2.05) is 31.2 Å². The average Bonchev–Trinajstić information content (AvgIpc) is 2.55. The molecule has 122 valence electrons. The second-order valence-corrected chi connectivity index (χ2v) is 6.02. The molecule has 2 atom stereocenters. The number of nitrogens with zero attached hydrogens (tertiary/aromatic N) is 1. The van der Waals surface area contributed by atoms with Gasteiger partial charge in [0.05, 0.1) is 36.9 Å². The van der Waals surface area contributed by atoms with Crippen LogP contribution in [-0.4, -0.2) is 61.1 Å². The highest BCUT2D eigenvalue weighted by Crippen LogP contribution is 2.24.